The highest BCUT2D eigenvalue weighted by molar-refractivity contribution is 6.30. The molecule has 1 N–H and O–H groups in total. The first-order chi connectivity index (χ1) is 14.1. The van der Waals surface area contributed by atoms with Crippen molar-refractivity contribution in [1.82, 2.24) is 0 Å². The van der Waals surface area contributed by atoms with Gasteiger partial charge >= 0.3 is 0 Å². The molecule has 154 valence electrons. The smallest absolute Gasteiger partial charge is 0.235 e. The summed E-state index contributed by atoms with van der Waals surface area (Å²) < 4.78 is 6.16. The molecular formula is C25H30ClNO2. The average molecular weight is 412 g/mol. The van der Waals surface area contributed by atoms with Crippen molar-refractivity contribution in [1.29, 1.82) is 0 Å². The van der Waals surface area contributed by atoms with Crippen molar-refractivity contribution in [2.45, 2.75) is 76.2 Å². The number of amides is 1. The summed E-state index contributed by atoms with van der Waals surface area (Å²) in [6.45, 7) is 2.05. The van der Waals surface area contributed by atoms with Crippen molar-refractivity contribution in [2.24, 2.45) is 0 Å². The number of aryl methyl sites for hydroxylation is 1. The highest BCUT2D eigenvalue weighted by Crippen LogP contribution is 2.41. The Balaban J connectivity index is 1.53. The topological polar surface area (TPSA) is 38.3 Å². The van der Waals surface area contributed by atoms with Gasteiger partial charge in [-0.05, 0) is 86.9 Å². The lowest BCUT2D eigenvalue weighted by atomic mass is 9.68. The number of hydrogen-bond donors (Lipinski definition) is 1. The summed E-state index contributed by atoms with van der Waals surface area (Å²) in [7, 11) is 0. The molecule has 0 aliphatic heterocycles. The molecule has 0 aromatic heterocycles. The Morgan fingerprint density at radius 2 is 1.69 bits per heavy atom. The van der Waals surface area contributed by atoms with Gasteiger partial charge in [0.2, 0.25) is 5.91 Å². The molecule has 3 nitrogen and oxygen atoms in total. The minimum Gasteiger partial charge on any atom is -0.490 e. The van der Waals surface area contributed by atoms with E-state index < -0.39 is 5.41 Å². The van der Waals surface area contributed by atoms with Gasteiger partial charge in [0, 0.05) is 10.7 Å². The van der Waals surface area contributed by atoms with Crippen molar-refractivity contribution >= 4 is 23.2 Å². The molecule has 4 heteroatoms. The molecule has 29 heavy (non-hydrogen) atoms. The summed E-state index contributed by atoms with van der Waals surface area (Å²) in [4.78, 5) is 13.5. The summed E-state index contributed by atoms with van der Waals surface area (Å²) >= 11 is 6.09. The van der Waals surface area contributed by atoms with Gasteiger partial charge in [0.15, 0.2) is 0 Å². The van der Waals surface area contributed by atoms with E-state index in [-0.39, 0.29) is 5.91 Å². The van der Waals surface area contributed by atoms with Crippen molar-refractivity contribution in [3.8, 4) is 5.75 Å². The van der Waals surface area contributed by atoms with Crippen LogP contribution >= 0.6 is 11.6 Å². The van der Waals surface area contributed by atoms with Crippen molar-refractivity contribution in [2.75, 3.05) is 5.32 Å². The third-order valence-corrected chi connectivity index (χ3v) is 6.82. The lowest BCUT2D eigenvalue weighted by Gasteiger charge is -2.36. The Bertz CT molecular complexity index is 850. The summed E-state index contributed by atoms with van der Waals surface area (Å²) in [5, 5.41) is 3.90. The van der Waals surface area contributed by atoms with E-state index >= 15 is 0 Å². The third kappa shape index (κ3) is 4.45. The lowest BCUT2D eigenvalue weighted by molar-refractivity contribution is -0.122. The number of rotatable bonds is 5. The highest BCUT2D eigenvalue weighted by atomic mass is 35.5. The molecule has 0 unspecified atom stereocenters. The standard InChI is InChI=1S/C25H30ClNO2/c1-18-17-21(13-14-23(18)29-22-7-3-4-8-22)27-24(28)25(15-5-2-6-16-25)19-9-11-20(26)12-10-19/h9-14,17,22H,2-8,15-16H2,1H3,(H,27,28). The predicted molar refractivity (Wildman–Crippen MR) is 119 cm³/mol. The molecule has 2 fully saturated rings. The minimum absolute atomic E-state index is 0.0865. The fourth-order valence-electron chi connectivity index (χ4n) is 4.87. The normalized spacial score (nSPS) is 19.1. The molecule has 4 rings (SSSR count). The zero-order valence-electron chi connectivity index (χ0n) is 17.2. The average Bonchev–Trinajstić information content (AvgIpc) is 3.24. The Hall–Kier alpha value is -2.00. The van der Waals surface area contributed by atoms with E-state index in [2.05, 4.69) is 12.2 Å². The zero-order chi connectivity index (χ0) is 20.3. The van der Waals surface area contributed by atoms with Gasteiger partial charge in [-0.25, -0.2) is 0 Å². The van der Waals surface area contributed by atoms with E-state index in [1.165, 1.54) is 19.3 Å². The fourth-order valence-corrected chi connectivity index (χ4v) is 4.99. The maximum atomic E-state index is 13.5. The van der Waals surface area contributed by atoms with Crippen LogP contribution in [-0.4, -0.2) is 12.0 Å². The van der Waals surface area contributed by atoms with Gasteiger partial charge in [0.05, 0.1) is 11.5 Å². The molecule has 0 radical (unpaired) electrons. The monoisotopic (exact) mass is 411 g/mol. The van der Waals surface area contributed by atoms with Crippen molar-refractivity contribution < 1.29 is 9.53 Å². The lowest BCUT2D eigenvalue weighted by Crippen LogP contribution is -2.42. The number of carbonyl (C=O) groups excluding carboxylic acids is 1. The van der Waals surface area contributed by atoms with E-state index in [1.54, 1.807) is 0 Å². The zero-order valence-corrected chi connectivity index (χ0v) is 17.9. The first kappa shape index (κ1) is 20.3. The Labute approximate surface area is 178 Å². The second-order valence-electron chi connectivity index (χ2n) is 8.61. The van der Waals surface area contributed by atoms with Crippen LogP contribution < -0.4 is 10.1 Å². The number of halogens is 1. The number of hydrogen-bond acceptors (Lipinski definition) is 2. The molecule has 0 heterocycles. The first-order valence-corrected chi connectivity index (χ1v) is 11.3. The predicted octanol–water partition coefficient (Wildman–Crippen LogP) is 6.81. The molecule has 0 bridgehead atoms. The van der Waals surface area contributed by atoms with Crippen LogP contribution in [0.1, 0.15) is 68.9 Å². The van der Waals surface area contributed by atoms with Gasteiger partial charge in [-0.1, -0.05) is 43.0 Å². The molecule has 2 saturated carbocycles. The van der Waals surface area contributed by atoms with Crippen LogP contribution in [0.2, 0.25) is 5.02 Å². The number of nitrogens with one attached hydrogen (secondary N) is 1. The van der Waals surface area contributed by atoms with E-state index in [1.807, 2.05) is 42.5 Å². The second kappa shape index (κ2) is 8.79. The number of ether oxygens (including phenoxy) is 1. The highest BCUT2D eigenvalue weighted by Gasteiger charge is 2.41. The van der Waals surface area contributed by atoms with E-state index in [9.17, 15) is 4.79 Å². The number of carbonyl (C=O) groups is 1. The molecule has 2 aromatic carbocycles. The minimum atomic E-state index is -0.476. The van der Waals surface area contributed by atoms with Crippen LogP contribution in [0.3, 0.4) is 0 Å². The first-order valence-electron chi connectivity index (χ1n) is 10.9. The summed E-state index contributed by atoms with van der Waals surface area (Å²) in [5.41, 5.74) is 2.50. The Morgan fingerprint density at radius 1 is 1.00 bits per heavy atom. The third-order valence-electron chi connectivity index (χ3n) is 6.57. The van der Waals surface area contributed by atoms with Gasteiger partial charge < -0.3 is 10.1 Å². The Morgan fingerprint density at radius 3 is 2.34 bits per heavy atom. The van der Waals surface area contributed by atoms with E-state index in [4.69, 9.17) is 16.3 Å². The van der Waals surface area contributed by atoms with E-state index in [0.29, 0.717) is 11.1 Å². The van der Waals surface area contributed by atoms with Crippen LogP contribution in [0, 0.1) is 6.92 Å². The second-order valence-corrected chi connectivity index (χ2v) is 9.04. The van der Waals surface area contributed by atoms with Gasteiger partial charge in [-0.15, -0.1) is 0 Å². The molecule has 0 atom stereocenters. The van der Waals surface area contributed by atoms with Crippen LogP contribution in [0.5, 0.6) is 5.75 Å². The summed E-state index contributed by atoms with van der Waals surface area (Å²) in [6, 6.07) is 13.8. The molecular weight excluding hydrogens is 382 g/mol. The molecule has 1 amide bonds. The molecule has 0 spiro atoms. The largest absolute Gasteiger partial charge is 0.490 e. The van der Waals surface area contributed by atoms with Gasteiger partial charge in [0.25, 0.3) is 0 Å². The summed E-state index contributed by atoms with van der Waals surface area (Å²) in [6.07, 6.45) is 10.2. The van der Waals surface area contributed by atoms with Crippen molar-refractivity contribution in [3.05, 3.63) is 58.6 Å². The number of anilines is 1. The van der Waals surface area contributed by atoms with E-state index in [0.717, 1.165) is 61.1 Å². The van der Waals surface area contributed by atoms with Crippen LogP contribution in [0.15, 0.2) is 42.5 Å². The maximum Gasteiger partial charge on any atom is 0.235 e. The SMILES string of the molecule is Cc1cc(NC(=O)C2(c3ccc(Cl)cc3)CCCCC2)ccc1OC1CCCC1. The van der Waals surface area contributed by atoms with Crippen LogP contribution in [-0.2, 0) is 10.2 Å². The van der Waals surface area contributed by atoms with Crippen LogP contribution in [0.4, 0.5) is 5.69 Å². The molecule has 0 saturated heterocycles. The van der Waals surface area contributed by atoms with Crippen molar-refractivity contribution in [3.63, 3.8) is 0 Å². The number of benzene rings is 2. The van der Waals surface area contributed by atoms with Gasteiger partial charge in [0.1, 0.15) is 5.75 Å². The molecule has 2 aromatic rings. The quantitative estimate of drug-likeness (QED) is 0.586. The fraction of sp³-hybridized carbons (Fsp3) is 0.480. The van der Waals surface area contributed by atoms with Gasteiger partial charge in [-0.3, -0.25) is 4.79 Å². The molecule has 2 aliphatic carbocycles. The van der Waals surface area contributed by atoms with Gasteiger partial charge in [-0.2, -0.15) is 0 Å². The summed E-state index contributed by atoms with van der Waals surface area (Å²) in [5.74, 6) is 1.02. The molecule has 2 aliphatic rings. The maximum absolute atomic E-state index is 13.5. The Kier molecular flexibility index (Phi) is 6.15. The van der Waals surface area contributed by atoms with Crippen LogP contribution in [0.25, 0.3) is 0 Å².